The standard InChI is InChI=1S/C28H32ClN5O5/c29-19-3-1-2-4-23(19)39-22-5-6-33(20-13-18(20)22)24(36)14-34-21-12-16-11-17(16)26(21)27(30-34)28(38)32-9-7-31(8-10-32)25(37)15-35/h1-4,16-18,20,22,35H,5-15H2/t16-,17-,18?,20?,22?/m1/s1. The molecule has 0 bridgehead atoms. The Kier molecular flexibility index (Phi) is 6.08. The first kappa shape index (κ1) is 24.9. The number of halogens is 1. The maximum absolute atomic E-state index is 13.5. The number of carbonyl (C=O) groups is 3. The van der Waals surface area contributed by atoms with E-state index in [2.05, 4.69) is 0 Å². The monoisotopic (exact) mass is 553 g/mol. The lowest BCUT2D eigenvalue weighted by atomic mass is 10.1. The summed E-state index contributed by atoms with van der Waals surface area (Å²) in [6.07, 6.45) is 3.68. The van der Waals surface area contributed by atoms with Crippen LogP contribution < -0.4 is 4.74 Å². The van der Waals surface area contributed by atoms with Crippen LogP contribution >= 0.6 is 11.6 Å². The van der Waals surface area contributed by atoms with E-state index in [1.54, 1.807) is 14.5 Å². The van der Waals surface area contributed by atoms with Gasteiger partial charge in [-0.3, -0.25) is 19.1 Å². The van der Waals surface area contributed by atoms with Crippen molar-refractivity contribution < 1.29 is 24.2 Å². The number of carbonyl (C=O) groups excluding carboxylic acids is 3. The summed E-state index contributed by atoms with van der Waals surface area (Å²) in [6.45, 7) is 1.88. The van der Waals surface area contributed by atoms with Crippen molar-refractivity contribution >= 4 is 29.3 Å². The van der Waals surface area contributed by atoms with E-state index in [9.17, 15) is 14.4 Å². The van der Waals surface area contributed by atoms with E-state index in [0.29, 0.717) is 66.9 Å². The molecule has 4 fully saturated rings. The third-order valence-electron chi connectivity index (χ3n) is 9.16. The van der Waals surface area contributed by atoms with Crippen molar-refractivity contribution in [1.82, 2.24) is 24.5 Å². The second-order valence-corrected chi connectivity index (χ2v) is 11.8. The first-order chi connectivity index (χ1) is 18.9. The molecule has 0 radical (unpaired) electrons. The number of amides is 3. The van der Waals surface area contributed by atoms with Crippen LogP contribution in [0.4, 0.5) is 0 Å². The molecular formula is C28H32ClN5O5. The number of rotatable bonds is 6. The molecule has 11 heteroatoms. The average molecular weight is 554 g/mol. The molecule has 5 atom stereocenters. The number of benzene rings is 1. The van der Waals surface area contributed by atoms with Crippen LogP contribution in [0.5, 0.6) is 5.75 Å². The lowest BCUT2D eigenvalue weighted by Gasteiger charge is -2.34. The third kappa shape index (κ3) is 4.37. The Labute approximate surface area is 231 Å². The summed E-state index contributed by atoms with van der Waals surface area (Å²) in [5.41, 5.74) is 2.54. The summed E-state index contributed by atoms with van der Waals surface area (Å²) >= 11 is 6.28. The van der Waals surface area contributed by atoms with Gasteiger partial charge in [-0.2, -0.15) is 5.10 Å². The molecule has 2 aromatic rings. The minimum absolute atomic E-state index is 0.0414. The predicted octanol–water partition coefficient (Wildman–Crippen LogP) is 1.54. The summed E-state index contributed by atoms with van der Waals surface area (Å²) < 4.78 is 8.00. The normalized spacial score (nSPS) is 28.5. The fraction of sp³-hybridized carbons (Fsp3) is 0.571. The first-order valence-electron chi connectivity index (χ1n) is 13.9. The number of piperazine rings is 1. The largest absolute Gasteiger partial charge is 0.488 e. The molecule has 2 saturated heterocycles. The van der Waals surface area contributed by atoms with E-state index in [4.69, 9.17) is 26.5 Å². The van der Waals surface area contributed by atoms with Gasteiger partial charge in [-0.25, -0.2) is 0 Å². The average Bonchev–Trinajstić information content (AvgIpc) is 3.85. The topological polar surface area (TPSA) is 108 Å². The van der Waals surface area contributed by atoms with E-state index in [-0.39, 0.29) is 36.4 Å². The van der Waals surface area contributed by atoms with Gasteiger partial charge in [0.05, 0.1) is 5.02 Å². The molecule has 3 heterocycles. The van der Waals surface area contributed by atoms with Crippen LogP contribution in [0.15, 0.2) is 24.3 Å². The zero-order chi connectivity index (χ0) is 26.8. The van der Waals surface area contributed by atoms with Crippen LogP contribution in [0.1, 0.15) is 46.9 Å². The van der Waals surface area contributed by atoms with Crippen molar-refractivity contribution in [3.8, 4) is 5.75 Å². The molecule has 0 spiro atoms. The molecule has 39 heavy (non-hydrogen) atoms. The Bertz CT molecular complexity index is 1340. The number of likely N-dealkylation sites (tertiary alicyclic amines) is 1. The Morgan fingerprint density at radius 3 is 2.56 bits per heavy atom. The number of piperidine rings is 1. The van der Waals surface area contributed by atoms with Gasteiger partial charge in [-0.15, -0.1) is 0 Å². The highest BCUT2D eigenvalue weighted by atomic mass is 35.5. The molecule has 10 nitrogen and oxygen atoms in total. The molecule has 5 aliphatic rings. The van der Waals surface area contributed by atoms with E-state index in [1.807, 2.05) is 29.2 Å². The van der Waals surface area contributed by atoms with Gasteiger partial charge in [0.1, 0.15) is 25.0 Å². The summed E-state index contributed by atoms with van der Waals surface area (Å²) in [5.74, 6) is 1.52. The number of hydrogen-bond acceptors (Lipinski definition) is 6. The van der Waals surface area contributed by atoms with Crippen LogP contribution in [0.2, 0.25) is 5.02 Å². The van der Waals surface area contributed by atoms with Gasteiger partial charge in [0.2, 0.25) is 11.8 Å². The number of hydrogen-bond donors (Lipinski definition) is 1. The molecule has 1 aromatic carbocycles. The fourth-order valence-corrected chi connectivity index (χ4v) is 7.05. The van der Waals surface area contributed by atoms with Crippen LogP contribution in [0.3, 0.4) is 0 Å². The van der Waals surface area contributed by atoms with Crippen LogP contribution in [-0.4, -0.2) is 98.8 Å². The fourth-order valence-electron chi connectivity index (χ4n) is 6.87. The molecular weight excluding hydrogens is 522 g/mol. The Hall–Kier alpha value is -3.11. The lowest BCUT2D eigenvalue weighted by molar-refractivity contribution is -0.135. The zero-order valence-electron chi connectivity index (χ0n) is 21.7. The van der Waals surface area contributed by atoms with Crippen LogP contribution in [0.25, 0.3) is 0 Å². The first-order valence-corrected chi connectivity index (χ1v) is 14.3. The molecule has 3 aliphatic carbocycles. The van der Waals surface area contributed by atoms with Crippen LogP contribution in [0, 0.1) is 11.8 Å². The molecule has 206 valence electrons. The minimum Gasteiger partial charge on any atom is -0.488 e. The van der Waals surface area contributed by atoms with Crippen LogP contribution in [-0.2, 0) is 22.6 Å². The zero-order valence-corrected chi connectivity index (χ0v) is 22.4. The molecule has 2 saturated carbocycles. The van der Waals surface area contributed by atoms with Crippen molar-refractivity contribution in [2.75, 3.05) is 39.3 Å². The van der Waals surface area contributed by atoms with Gasteiger partial charge in [0.15, 0.2) is 5.69 Å². The van der Waals surface area contributed by atoms with Gasteiger partial charge in [0, 0.05) is 62.4 Å². The molecule has 2 aliphatic heterocycles. The number of aliphatic hydroxyl groups excluding tert-OH is 1. The molecule has 1 aromatic heterocycles. The van der Waals surface area contributed by atoms with Crippen molar-refractivity contribution in [1.29, 1.82) is 0 Å². The molecule has 1 N–H and O–H groups in total. The van der Waals surface area contributed by atoms with Gasteiger partial charge < -0.3 is 24.5 Å². The third-order valence-corrected chi connectivity index (χ3v) is 9.47. The van der Waals surface area contributed by atoms with E-state index in [1.165, 1.54) is 0 Å². The summed E-state index contributed by atoms with van der Waals surface area (Å²) in [6, 6.07) is 7.67. The maximum atomic E-state index is 13.5. The Morgan fingerprint density at radius 2 is 1.79 bits per heavy atom. The highest BCUT2D eigenvalue weighted by Gasteiger charge is 2.54. The number of aliphatic hydroxyl groups is 1. The second-order valence-electron chi connectivity index (χ2n) is 11.4. The summed E-state index contributed by atoms with van der Waals surface area (Å²) in [7, 11) is 0. The quantitative estimate of drug-likeness (QED) is 0.581. The van der Waals surface area contributed by atoms with Crippen molar-refractivity contribution in [2.24, 2.45) is 11.8 Å². The van der Waals surface area contributed by atoms with Crippen molar-refractivity contribution in [3.63, 3.8) is 0 Å². The minimum atomic E-state index is -0.517. The SMILES string of the molecule is O=C(CO)N1CCN(C(=O)c2nn(CC(=O)N3CCC(Oc4ccccc4Cl)C4CC43)c3c2[C@@H]2C[C@@H]2C3)CC1. The lowest BCUT2D eigenvalue weighted by Crippen LogP contribution is -2.51. The van der Waals surface area contributed by atoms with Gasteiger partial charge in [-0.05, 0) is 43.2 Å². The van der Waals surface area contributed by atoms with E-state index in [0.717, 1.165) is 36.9 Å². The number of aromatic nitrogens is 2. The Balaban J connectivity index is 1.02. The molecule has 3 amide bonds. The Morgan fingerprint density at radius 1 is 1.03 bits per heavy atom. The van der Waals surface area contributed by atoms with E-state index >= 15 is 0 Å². The van der Waals surface area contributed by atoms with Gasteiger partial charge in [0.25, 0.3) is 5.91 Å². The molecule has 7 rings (SSSR count). The predicted molar refractivity (Wildman–Crippen MR) is 140 cm³/mol. The van der Waals surface area contributed by atoms with E-state index < -0.39 is 6.61 Å². The highest BCUT2D eigenvalue weighted by Crippen LogP contribution is 2.57. The molecule has 3 unspecified atom stereocenters. The number of nitrogens with zero attached hydrogens (tertiary/aromatic N) is 5. The van der Waals surface area contributed by atoms with Crippen molar-refractivity contribution in [3.05, 3.63) is 46.2 Å². The number of para-hydroxylation sites is 1. The maximum Gasteiger partial charge on any atom is 0.274 e. The van der Waals surface area contributed by atoms with Gasteiger partial charge in [-0.1, -0.05) is 23.7 Å². The van der Waals surface area contributed by atoms with Gasteiger partial charge >= 0.3 is 0 Å². The summed E-state index contributed by atoms with van der Waals surface area (Å²) in [5, 5.41) is 14.5. The smallest absolute Gasteiger partial charge is 0.274 e. The number of fused-ring (bicyclic) bond motifs is 4. The number of ether oxygens (including phenoxy) is 1. The second kappa shape index (κ2) is 9.52. The highest BCUT2D eigenvalue weighted by molar-refractivity contribution is 6.32. The van der Waals surface area contributed by atoms with Crippen molar-refractivity contribution in [2.45, 2.75) is 50.3 Å². The summed E-state index contributed by atoms with van der Waals surface area (Å²) in [4.78, 5) is 44.1.